The molecule has 134 valence electrons. The maximum Gasteiger partial charge on any atom is 0.454 e. The van der Waals surface area contributed by atoms with Gasteiger partial charge in [-0.3, -0.25) is 9.59 Å². The lowest BCUT2D eigenvalue weighted by atomic mass is 9.95. The van der Waals surface area contributed by atoms with Gasteiger partial charge in [-0.1, -0.05) is 32.4 Å². The van der Waals surface area contributed by atoms with Gasteiger partial charge in [0.25, 0.3) is 5.78 Å². The van der Waals surface area contributed by atoms with Crippen LogP contribution in [0.15, 0.2) is 6.07 Å². The summed E-state index contributed by atoms with van der Waals surface area (Å²) >= 11 is 5.87. The van der Waals surface area contributed by atoms with Crippen LogP contribution < -0.4 is 14.8 Å². The Morgan fingerprint density at radius 2 is 1.58 bits per heavy atom. The Bertz CT molecular complexity index is 666. The molecule has 0 radical (unpaired) electrons. The highest BCUT2D eigenvalue weighted by atomic mass is 35.5. The number of alkyl halides is 3. The second-order valence-electron chi connectivity index (χ2n) is 5.88. The third-order valence-electron chi connectivity index (χ3n) is 3.02. The topological polar surface area (TPSA) is 64.6 Å². The SMILES string of the molecule is COc1c(Cl)cc(C(=O)C(F)(F)F)c(NC(=O)C(C)(C)C)c1OC. The molecule has 1 N–H and O–H groups in total. The van der Waals surface area contributed by atoms with Gasteiger partial charge in [0, 0.05) is 5.41 Å². The van der Waals surface area contributed by atoms with E-state index in [-0.39, 0.29) is 16.5 Å². The van der Waals surface area contributed by atoms with Gasteiger partial charge in [-0.25, -0.2) is 0 Å². The summed E-state index contributed by atoms with van der Waals surface area (Å²) in [5, 5.41) is 2.05. The van der Waals surface area contributed by atoms with Gasteiger partial charge in [-0.15, -0.1) is 0 Å². The number of nitrogens with one attached hydrogen (secondary N) is 1. The van der Waals surface area contributed by atoms with E-state index in [0.717, 1.165) is 13.2 Å². The average molecular weight is 368 g/mol. The van der Waals surface area contributed by atoms with E-state index in [0.29, 0.717) is 0 Å². The number of methoxy groups -OCH3 is 2. The molecule has 0 saturated carbocycles. The van der Waals surface area contributed by atoms with Crippen molar-refractivity contribution < 1.29 is 32.2 Å². The van der Waals surface area contributed by atoms with Crippen LogP contribution in [0.1, 0.15) is 31.1 Å². The van der Waals surface area contributed by atoms with Crippen molar-refractivity contribution in [1.82, 2.24) is 0 Å². The molecule has 0 aliphatic heterocycles. The molecule has 0 bridgehead atoms. The molecule has 0 spiro atoms. The number of ketones is 1. The van der Waals surface area contributed by atoms with E-state index in [1.807, 2.05) is 0 Å². The highest BCUT2D eigenvalue weighted by Gasteiger charge is 2.42. The molecular formula is C15H17ClF3NO4. The quantitative estimate of drug-likeness (QED) is 0.814. The van der Waals surface area contributed by atoms with E-state index < -0.39 is 34.5 Å². The van der Waals surface area contributed by atoms with E-state index >= 15 is 0 Å². The molecule has 5 nitrogen and oxygen atoms in total. The predicted octanol–water partition coefficient (Wildman–Crippen LogP) is 4.09. The van der Waals surface area contributed by atoms with Crippen LogP contribution in [-0.4, -0.2) is 32.1 Å². The van der Waals surface area contributed by atoms with Crippen molar-refractivity contribution in [2.45, 2.75) is 26.9 Å². The lowest BCUT2D eigenvalue weighted by Crippen LogP contribution is -2.30. The van der Waals surface area contributed by atoms with Gasteiger partial charge < -0.3 is 14.8 Å². The largest absolute Gasteiger partial charge is 0.491 e. The zero-order valence-corrected chi connectivity index (χ0v) is 14.5. The first-order chi connectivity index (χ1) is 10.8. The fourth-order valence-electron chi connectivity index (χ4n) is 1.75. The Kier molecular flexibility index (Phi) is 5.76. The third-order valence-corrected chi connectivity index (χ3v) is 3.30. The summed E-state index contributed by atoms with van der Waals surface area (Å²) in [6.45, 7) is 4.69. The number of benzene rings is 1. The van der Waals surface area contributed by atoms with Crippen LogP contribution in [-0.2, 0) is 4.79 Å². The molecule has 0 aromatic heterocycles. The highest BCUT2D eigenvalue weighted by molar-refractivity contribution is 6.33. The summed E-state index contributed by atoms with van der Waals surface area (Å²) in [5.41, 5.74) is -2.19. The van der Waals surface area contributed by atoms with Crippen LogP contribution in [0.3, 0.4) is 0 Å². The Morgan fingerprint density at radius 1 is 1.08 bits per heavy atom. The summed E-state index contributed by atoms with van der Waals surface area (Å²) in [6.07, 6.45) is -5.15. The first-order valence-corrected chi connectivity index (χ1v) is 7.09. The molecule has 1 aromatic carbocycles. The predicted molar refractivity (Wildman–Crippen MR) is 83.0 cm³/mol. The second-order valence-corrected chi connectivity index (χ2v) is 6.29. The summed E-state index contributed by atoms with van der Waals surface area (Å²) < 4.78 is 48.6. The Balaban J connectivity index is 3.67. The fourth-order valence-corrected chi connectivity index (χ4v) is 2.02. The molecule has 9 heteroatoms. The standard InChI is InChI=1S/C15H17ClF3NO4/c1-14(2,3)13(22)20-9-7(12(21)15(17,18)19)6-8(16)10(23-4)11(9)24-5/h6H,1-5H3,(H,20,22). The smallest absolute Gasteiger partial charge is 0.454 e. The minimum absolute atomic E-state index is 0.0953. The van der Waals surface area contributed by atoms with Crippen molar-refractivity contribution in [2.24, 2.45) is 5.41 Å². The van der Waals surface area contributed by atoms with Crippen LogP contribution in [0.4, 0.5) is 18.9 Å². The first-order valence-electron chi connectivity index (χ1n) is 6.72. The molecule has 0 aliphatic rings. The third kappa shape index (κ3) is 4.11. The van der Waals surface area contributed by atoms with Crippen molar-refractivity contribution >= 4 is 29.0 Å². The Hall–Kier alpha value is -1.96. The van der Waals surface area contributed by atoms with Crippen molar-refractivity contribution in [1.29, 1.82) is 0 Å². The van der Waals surface area contributed by atoms with E-state index in [1.54, 1.807) is 20.8 Å². The monoisotopic (exact) mass is 367 g/mol. The van der Waals surface area contributed by atoms with E-state index in [4.69, 9.17) is 21.1 Å². The van der Waals surface area contributed by atoms with Gasteiger partial charge in [0.15, 0.2) is 11.5 Å². The second kappa shape index (κ2) is 6.88. The number of Topliss-reactive ketones (excluding diaryl/α,β-unsaturated/α-hetero) is 1. The van der Waals surface area contributed by atoms with Gasteiger partial charge in [0.1, 0.15) is 0 Å². The Labute approximate surface area is 142 Å². The van der Waals surface area contributed by atoms with Crippen molar-refractivity contribution in [3.8, 4) is 11.5 Å². The van der Waals surface area contributed by atoms with Crippen LogP contribution >= 0.6 is 11.6 Å². The summed E-state index contributed by atoms with van der Waals surface area (Å²) in [4.78, 5) is 23.9. The van der Waals surface area contributed by atoms with Gasteiger partial charge in [-0.2, -0.15) is 13.2 Å². The maximum absolute atomic E-state index is 12.9. The summed E-state index contributed by atoms with van der Waals surface area (Å²) in [6, 6.07) is 0.789. The van der Waals surface area contributed by atoms with E-state index in [9.17, 15) is 22.8 Å². The zero-order valence-electron chi connectivity index (χ0n) is 13.7. The van der Waals surface area contributed by atoms with Crippen LogP contribution in [0.2, 0.25) is 5.02 Å². The van der Waals surface area contributed by atoms with Crippen LogP contribution in [0.25, 0.3) is 0 Å². The molecule has 1 aromatic rings. The molecule has 0 aliphatic carbocycles. The number of carbonyl (C=O) groups is 2. The first kappa shape index (κ1) is 20.1. The molecule has 0 heterocycles. The van der Waals surface area contributed by atoms with Crippen LogP contribution in [0, 0.1) is 5.41 Å². The molecule has 0 atom stereocenters. The lowest BCUT2D eigenvalue weighted by molar-refractivity contribution is -0.123. The number of ether oxygens (including phenoxy) is 2. The normalized spacial score (nSPS) is 11.9. The van der Waals surface area contributed by atoms with Crippen LogP contribution in [0.5, 0.6) is 11.5 Å². The minimum atomic E-state index is -5.15. The summed E-state index contributed by atoms with van der Waals surface area (Å²) in [7, 11) is 2.38. The molecule has 1 amide bonds. The number of anilines is 1. The maximum atomic E-state index is 12.9. The number of hydrogen-bond acceptors (Lipinski definition) is 4. The average Bonchev–Trinajstić information content (AvgIpc) is 2.45. The number of hydrogen-bond donors (Lipinski definition) is 1. The van der Waals surface area contributed by atoms with Crippen molar-refractivity contribution in [2.75, 3.05) is 19.5 Å². The molecule has 24 heavy (non-hydrogen) atoms. The van der Waals surface area contributed by atoms with Crippen molar-refractivity contribution in [3.63, 3.8) is 0 Å². The number of halogens is 4. The fraction of sp³-hybridized carbons (Fsp3) is 0.467. The minimum Gasteiger partial charge on any atom is -0.491 e. The van der Waals surface area contributed by atoms with E-state index in [2.05, 4.69) is 5.32 Å². The Morgan fingerprint density at radius 3 is 1.96 bits per heavy atom. The molecule has 0 saturated heterocycles. The van der Waals surface area contributed by atoms with Gasteiger partial charge in [0.05, 0.1) is 30.5 Å². The van der Waals surface area contributed by atoms with Gasteiger partial charge >= 0.3 is 6.18 Å². The number of carbonyl (C=O) groups excluding carboxylic acids is 2. The van der Waals surface area contributed by atoms with E-state index in [1.165, 1.54) is 7.11 Å². The van der Waals surface area contributed by atoms with Gasteiger partial charge in [-0.05, 0) is 6.07 Å². The van der Waals surface area contributed by atoms with Crippen molar-refractivity contribution in [3.05, 3.63) is 16.7 Å². The number of rotatable bonds is 4. The highest BCUT2D eigenvalue weighted by Crippen LogP contribution is 2.45. The number of amides is 1. The molecule has 1 rings (SSSR count). The molecule has 0 unspecified atom stereocenters. The molecule has 0 fully saturated rings. The zero-order chi connectivity index (χ0) is 18.9. The molecular weight excluding hydrogens is 351 g/mol. The van der Waals surface area contributed by atoms with Gasteiger partial charge in [0.2, 0.25) is 5.91 Å². The lowest BCUT2D eigenvalue weighted by Gasteiger charge is -2.22. The summed E-state index contributed by atoms with van der Waals surface area (Å²) in [5.74, 6) is -3.13.